The maximum absolute atomic E-state index is 12.3. The van der Waals surface area contributed by atoms with Crippen molar-refractivity contribution in [3.05, 3.63) is 76.8 Å². The second-order valence-corrected chi connectivity index (χ2v) is 8.69. The van der Waals surface area contributed by atoms with Crippen LogP contribution in [0.15, 0.2) is 65.2 Å². The molecular weight excluding hydrogens is 456 g/mol. The summed E-state index contributed by atoms with van der Waals surface area (Å²) in [7, 11) is 0. The number of ether oxygens (including phenoxy) is 2. The number of amides is 2. The third-order valence-electron chi connectivity index (χ3n) is 5.85. The van der Waals surface area contributed by atoms with Crippen molar-refractivity contribution in [1.29, 1.82) is 0 Å². The monoisotopic (exact) mass is 476 g/mol. The quantitative estimate of drug-likeness (QED) is 0.347. The maximum atomic E-state index is 12.3. The highest BCUT2D eigenvalue weighted by Crippen LogP contribution is 2.36. The van der Waals surface area contributed by atoms with Gasteiger partial charge in [0.2, 0.25) is 5.60 Å². The van der Waals surface area contributed by atoms with Gasteiger partial charge in [0.1, 0.15) is 17.2 Å². The van der Waals surface area contributed by atoms with Crippen LogP contribution in [0.2, 0.25) is 5.02 Å². The fourth-order valence-electron chi connectivity index (χ4n) is 4.05. The first kappa shape index (κ1) is 22.0. The summed E-state index contributed by atoms with van der Waals surface area (Å²) < 4.78 is 16.9. The summed E-state index contributed by atoms with van der Waals surface area (Å²) in [5.74, 6) is 0.713. The molecule has 7 nitrogen and oxygen atoms in total. The Morgan fingerprint density at radius 1 is 1.09 bits per heavy atom. The first-order chi connectivity index (χ1) is 16.4. The van der Waals surface area contributed by atoms with E-state index < -0.39 is 17.6 Å². The molecule has 5 rings (SSSR count). The number of alkyl carbamates (subject to hydrolysis) is 1. The Balaban J connectivity index is 1.48. The van der Waals surface area contributed by atoms with Crippen molar-refractivity contribution in [2.45, 2.75) is 32.3 Å². The number of benzene rings is 3. The standard InChI is InChI=1S/C26H21ClN2O5/c1-3-5-15-12-16(23-20-10-9-18(27)14-22(20)34-29-23)8-11-21(15)32-19-7-4-6-17(13-19)26(2)24(30)28-25(31)33-26/h4,6-14H,3,5H2,1-2H3,(H,28,30,31)/t26-/m1/s1. The van der Waals surface area contributed by atoms with Gasteiger partial charge in [0.25, 0.3) is 5.91 Å². The molecule has 1 fully saturated rings. The first-order valence-electron chi connectivity index (χ1n) is 10.9. The molecule has 0 aliphatic carbocycles. The Morgan fingerprint density at radius 2 is 1.94 bits per heavy atom. The molecule has 0 unspecified atom stereocenters. The molecule has 1 saturated heterocycles. The third kappa shape index (κ3) is 3.88. The van der Waals surface area contributed by atoms with E-state index in [0.717, 1.165) is 35.0 Å². The van der Waals surface area contributed by atoms with Gasteiger partial charge < -0.3 is 14.0 Å². The number of hydrogen-bond donors (Lipinski definition) is 1. The molecule has 2 heterocycles. The van der Waals surface area contributed by atoms with E-state index >= 15 is 0 Å². The molecule has 2 amide bonds. The molecule has 0 spiro atoms. The Kier molecular flexibility index (Phi) is 5.49. The summed E-state index contributed by atoms with van der Waals surface area (Å²) in [6, 6.07) is 18.3. The number of fused-ring (bicyclic) bond motifs is 1. The first-order valence-corrected chi connectivity index (χ1v) is 11.3. The highest BCUT2D eigenvalue weighted by Gasteiger charge is 2.46. The van der Waals surface area contributed by atoms with Gasteiger partial charge in [-0.2, -0.15) is 0 Å². The highest BCUT2D eigenvalue weighted by molar-refractivity contribution is 6.31. The van der Waals surface area contributed by atoms with Gasteiger partial charge in [-0.3, -0.25) is 10.1 Å². The van der Waals surface area contributed by atoms with Crippen LogP contribution >= 0.6 is 11.6 Å². The summed E-state index contributed by atoms with van der Waals surface area (Å²) in [4.78, 5) is 23.8. The molecular formula is C26H21ClN2O5. The van der Waals surface area contributed by atoms with Crippen molar-refractivity contribution in [1.82, 2.24) is 10.5 Å². The van der Waals surface area contributed by atoms with E-state index in [1.165, 1.54) is 0 Å². The van der Waals surface area contributed by atoms with E-state index in [9.17, 15) is 9.59 Å². The molecule has 1 aromatic heterocycles. The van der Waals surface area contributed by atoms with Crippen LogP contribution in [0, 0.1) is 0 Å². The van der Waals surface area contributed by atoms with Gasteiger partial charge in [0, 0.05) is 27.6 Å². The lowest BCUT2D eigenvalue weighted by Crippen LogP contribution is -2.33. The summed E-state index contributed by atoms with van der Waals surface area (Å²) >= 11 is 6.06. The Hall–Kier alpha value is -3.84. The minimum atomic E-state index is -1.40. The van der Waals surface area contributed by atoms with E-state index in [4.69, 9.17) is 25.6 Å². The van der Waals surface area contributed by atoms with E-state index in [2.05, 4.69) is 17.4 Å². The van der Waals surface area contributed by atoms with E-state index in [1.807, 2.05) is 30.3 Å². The van der Waals surface area contributed by atoms with Crippen molar-refractivity contribution in [2.24, 2.45) is 0 Å². The predicted octanol–water partition coefficient (Wildman–Crippen LogP) is 6.37. The molecule has 0 saturated carbocycles. The van der Waals surface area contributed by atoms with Gasteiger partial charge >= 0.3 is 6.09 Å². The summed E-state index contributed by atoms with van der Waals surface area (Å²) in [5, 5.41) is 7.89. The predicted molar refractivity (Wildman–Crippen MR) is 127 cm³/mol. The number of rotatable bonds is 6. The zero-order chi connectivity index (χ0) is 23.9. The number of imide groups is 1. The molecule has 3 aromatic carbocycles. The van der Waals surface area contributed by atoms with Crippen molar-refractivity contribution >= 4 is 34.6 Å². The van der Waals surface area contributed by atoms with Crippen LogP contribution in [-0.4, -0.2) is 17.2 Å². The minimum absolute atomic E-state index is 0.508. The number of hydrogen-bond acceptors (Lipinski definition) is 6. The van der Waals surface area contributed by atoms with Gasteiger partial charge in [-0.1, -0.05) is 42.2 Å². The largest absolute Gasteiger partial charge is 0.457 e. The molecule has 4 aromatic rings. The fourth-order valence-corrected chi connectivity index (χ4v) is 4.22. The average molecular weight is 477 g/mol. The second kappa shape index (κ2) is 8.50. The minimum Gasteiger partial charge on any atom is -0.457 e. The van der Waals surface area contributed by atoms with Crippen molar-refractivity contribution < 1.29 is 23.6 Å². The zero-order valence-corrected chi connectivity index (χ0v) is 19.3. The number of nitrogens with zero attached hydrogens (tertiary/aromatic N) is 1. The molecule has 1 N–H and O–H groups in total. The Bertz CT molecular complexity index is 1430. The number of aromatic nitrogens is 1. The lowest BCUT2D eigenvalue weighted by atomic mass is 9.95. The summed E-state index contributed by atoms with van der Waals surface area (Å²) in [6.45, 7) is 3.65. The van der Waals surface area contributed by atoms with Crippen LogP contribution < -0.4 is 10.1 Å². The Morgan fingerprint density at radius 3 is 2.71 bits per heavy atom. The van der Waals surface area contributed by atoms with E-state index in [0.29, 0.717) is 27.7 Å². The highest BCUT2D eigenvalue weighted by atomic mass is 35.5. The van der Waals surface area contributed by atoms with Crippen LogP contribution in [0.25, 0.3) is 22.2 Å². The topological polar surface area (TPSA) is 90.7 Å². The average Bonchev–Trinajstić information content (AvgIpc) is 3.35. The number of carbonyl (C=O) groups excluding carboxylic acids is 2. The molecule has 1 aliphatic rings. The molecule has 1 aliphatic heterocycles. The zero-order valence-electron chi connectivity index (χ0n) is 18.6. The number of nitrogens with one attached hydrogen (secondary N) is 1. The molecule has 1 atom stereocenters. The smallest absolute Gasteiger partial charge is 0.415 e. The number of halogens is 1. The molecule has 0 bridgehead atoms. The van der Waals surface area contributed by atoms with Gasteiger partial charge in [-0.05, 0) is 61.4 Å². The van der Waals surface area contributed by atoms with Crippen molar-refractivity contribution in [3.8, 4) is 22.8 Å². The number of aryl methyl sites for hydroxylation is 1. The van der Waals surface area contributed by atoms with Crippen molar-refractivity contribution in [2.75, 3.05) is 0 Å². The lowest BCUT2D eigenvalue weighted by molar-refractivity contribution is -0.130. The van der Waals surface area contributed by atoms with Crippen LogP contribution in [-0.2, 0) is 21.6 Å². The molecule has 0 radical (unpaired) electrons. The van der Waals surface area contributed by atoms with Crippen LogP contribution in [0.4, 0.5) is 4.79 Å². The molecule has 34 heavy (non-hydrogen) atoms. The van der Waals surface area contributed by atoms with Crippen LogP contribution in [0.1, 0.15) is 31.4 Å². The van der Waals surface area contributed by atoms with Gasteiger partial charge in [0.15, 0.2) is 5.58 Å². The van der Waals surface area contributed by atoms with Gasteiger partial charge in [-0.25, -0.2) is 4.79 Å². The van der Waals surface area contributed by atoms with E-state index in [-0.39, 0.29) is 0 Å². The number of carbonyl (C=O) groups is 2. The summed E-state index contributed by atoms with van der Waals surface area (Å²) in [5.41, 5.74) is 2.40. The van der Waals surface area contributed by atoms with Crippen LogP contribution in [0.3, 0.4) is 0 Å². The van der Waals surface area contributed by atoms with E-state index in [1.54, 1.807) is 37.3 Å². The second-order valence-electron chi connectivity index (χ2n) is 8.25. The maximum Gasteiger partial charge on any atom is 0.415 e. The number of cyclic esters (lactones) is 1. The molecule has 8 heteroatoms. The van der Waals surface area contributed by atoms with Crippen LogP contribution in [0.5, 0.6) is 11.5 Å². The van der Waals surface area contributed by atoms with Gasteiger partial charge in [0.05, 0.1) is 0 Å². The van der Waals surface area contributed by atoms with Gasteiger partial charge in [-0.15, -0.1) is 0 Å². The Labute approximate surface area is 200 Å². The van der Waals surface area contributed by atoms with Crippen molar-refractivity contribution in [3.63, 3.8) is 0 Å². The third-order valence-corrected chi connectivity index (χ3v) is 6.08. The SMILES string of the molecule is CCCc1cc(-c2noc3cc(Cl)ccc23)ccc1Oc1cccc([C@@]2(C)OC(=O)NC2=O)c1. The fraction of sp³-hybridized carbons (Fsp3) is 0.192. The lowest BCUT2D eigenvalue weighted by Gasteiger charge is -2.20. The summed E-state index contributed by atoms with van der Waals surface area (Å²) in [6.07, 6.45) is 0.952. The normalized spacial score (nSPS) is 17.6. The molecule has 172 valence electrons.